The van der Waals surface area contributed by atoms with E-state index >= 15 is 0 Å². The summed E-state index contributed by atoms with van der Waals surface area (Å²) in [7, 11) is 0. The second kappa shape index (κ2) is 4.05. The Morgan fingerprint density at radius 1 is 1.70 bits per heavy atom. The van der Waals surface area contributed by atoms with Crippen LogP contribution in [0.2, 0.25) is 0 Å². The highest BCUT2D eigenvalue weighted by Gasteiger charge is 2.31. The molecule has 0 saturated heterocycles. The van der Waals surface area contributed by atoms with Crippen molar-refractivity contribution in [3.8, 4) is 0 Å². The Balaban J connectivity index is 3.64. The molecule has 60 valence electrons. The number of carbonyl (C=O) groups is 1. The van der Waals surface area contributed by atoms with Gasteiger partial charge >= 0.3 is 5.92 Å². The molecule has 0 aromatic heterocycles. The molecular formula is C5H8F2INO. The predicted molar refractivity (Wildman–Crippen MR) is 42.5 cm³/mol. The van der Waals surface area contributed by atoms with Gasteiger partial charge in [0.15, 0.2) is 0 Å². The van der Waals surface area contributed by atoms with Gasteiger partial charge in [0.05, 0.1) is 0 Å². The van der Waals surface area contributed by atoms with Crippen molar-refractivity contribution >= 4 is 28.5 Å². The molecule has 0 fully saturated rings. The molecule has 0 rings (SSSR count). The van der Waals surface area contributed by atoms with E-state index in [9.17, 15) is 13.6 Å². The summed E-state index contributed by atoms with van der Waals surface area (Å²) in [6.07, 6.45) is 0. The summed E-state index contributed by atoms with van der Waals surface area (Å²) in [6.45, 7) is 0.873. The summed E-state index contributed by atoms with van der Waals surface area (Å²) >= 11 is 1.99. The normalized spacial score (nSPS) is 11.2. The molecule has 0 aliphatic heterocycles. The van der Waals surface area contributed by atoms with Crippen LogP contribution in [0.5, 0.6) is 0 Å². The minimum atomic E-state index is -3.24. The third-order valence-electron chi connectivity index (χ3n) is 0.779. The molecular weight excluding hydrogens is 255 g/mol. The minimum Gasteiger partial charge on any atom is -0.350 e. The molecule has 10 heavy (non-hydrogen) atoms. The first kappa shape index (κ1) is 10.1. The van der Waals surface area contributed by atoms with Crippen LogP contribution in [0.1, 0.15) is 6.92 Å². The molecule has 2 nitrogen and oxygen atoms in total. The van der Waals surface area contributed by atoms with E-state index in [1.807, 2.05) is 22.6 Å². The molecule has 0 aliphatic carbocycles. The number of alkyl halides is 3. The van der Waals surface area contributed by atoms with Crippen molar-refractivity contribution in [1.29, 1.82) is 0 Å². The Kier molecular flexibility index (Phi) is 4.07. The van der Waals surface area contributed by atoms with Gasteiger partial charge in [-0.1, -0.05) is 22.6 Å². The van der Waals surface area contributed by atoms with Crippen molar-refractivity contribution in [2.24, 2.45) is 0 Å². The quantitative estimate of drug-likeness (QED) is 0.601. The average molecular weight is 263 g/mol. The highest BCUT2D eigenvalue weighted by atomic mass is 127. The Hall–Kier alpha value is 0.0600. The van der Waals surface area contributed by atoms with Crippen molar-refractivity contribution in [3.63, 3.8) is 0 Å². The summed E-state index contributed by atoms with van der Waals surface area (Å²) in [6, 6.07) is 0. The lowest BCUT2D eigenvalue weighted by molar-refractivity contribution is -0.142. The van der Waals surface area contributed by atoms with Gasteiger partial charge in [-0.15, -0.1) is 0 Å². The zero-order valence-corrected chi connectivity index (χ0v) is 7.61. The van der Waals surface area contributed by atoms with Crippen LogP contribution < -0.4 is 5.32 Å². The predicted octanol–water partition coefficient (Wildman–Crippen LogP) is 1.19. The number of carbonyl (C=O) groups excluding carboxylic acids is 1. The Morgan fingerprint density at radius 3 is 2.50 bits per heavy atom. The van der Waals surface area contributed by atoms with Crippen molar-refractivity contribution in [2.75, 3.05) is 11.0 Å². The lowest BCUT2D eigenvalue weighted by atomic mass is 10.3. The third kappa shape index (κ3) is 3.97. The van der Waals surface area contributed by atoms with Crippen LogP contribution >= 0.6 is 22.6 Å². The topological polar surface area (TPSA) is 29.1 Å². The Morgan fingerprint density at radius 2 is 2.20 bits per heavy atom. The number of nitrogens with one attached hydrogen (secondary N) is 1. The van der Waals surface area contributed by atoms with E-state index in [4.69, 9.17) is 0 Å². The summed E-state index contributed by atoms with van der Waals surface area (Å²) in [5.74, 6) is -4.45. The molecule has 0 aromatic carbocycles. The second-order valence-electron chi connectivity index (χ2n) is 1.83. The first-order valence-electron chi connectivity index (χ1n) is 2.70. The van der Waals surface area contributed by atoms with Crippen molar-refractivity contribution in [2.45, 2.75) is 12.8 Å². The molecule has 0 atom stereocenters. The van der Waals surface area contributed by atoms with Gasteiger partial charge in [0, 0.05) is 17.9 Å². The number of rotatable bonds is 3. The van der Waals surface area contributed by atoms with Gasteiger partial charge in [-0.25, -0.2) is 0 Å². The van der Waals surface area contributed by atoms with Crippen molar-refractivity contribution in [1.82, 2.24) is 5.32 Å². The standard InChI is InChI=1S/C5H8F2INO/c1-5(6,7)4(10)9-3-2-8/h2-3H2,1H3,(H,9,10). The van der Waals surface area contributed by atoms with Gasteiger partial charge in [0.2, 0.25) is 0 Å². The third-order valence-corrected chi connectivity index (χ3v) is 1.32. The first-order chi connectivity index (χ1) is 4.48. The fraction of sp³-hybridized carbons (Fsp3) is 0.800. The van der Waals surface area contributed by atoms with E-state index < -0.39 is 11.8 Å². The molecule has 0 saturated carbocycles. The van der Waals surface area contributed by atoms with Crippen LogP contribution in [0.25, 0.3) is 0 Å². The Labute approximate surface area is 71.5 Å². The van der Waals surface area contributed by atoms with E-state index in [2.05, 4.69) is 5.32 Å². The highest BCUT2D eigenvalue weighted by Crippen LogP contribution is 2.10. The van der Waals surface area contributed by atoms with Crippen LogP contribution in [-0.2, 0) is 4.79 Å². The van der Waals surface area contributed by atoms with E-state index in [-0.39, 0.29) is 0 Å². The fourth-order valence-electron chi connectivity index (χ4n) is 0.316. The molecule has 0 bridgehead atoms. The first-order valence-corrected chi connectivity index (χ1v) is 4.23. The molecule has 0 aliphatic rings. The van der Waals surface area contributed by atoms with Gasteiger partial charge in [0.25, 0.3) is 5.91 Å². The zero-order valence-electron chi connectivity index (χ0n) is 5.46. The maximum Gasteiger partial charge on any atom is 0.321 e. The summed E-state index contributed by atoms with van der Waals surface area (Å²) < 4.78 is 24.7. The van der Waals surface area contributed by atoms with Crippen LogP contribution in [0.4, 0.5) is 8.78 Å². The van der Waals surface area contributed by atoms with E-state index in [1.54, 1.807) is 0 Å². The van der Waals surface area contributed by atoms with Crippen LogP contribution in [0, 0.1) is 0 Å². The lowest BCUT2D eigenvalue weighted by Crippen LogP contribution is -2.38. The smallest absolute Gasteiger partial charge is 0.321 e. The van der Waals surface area contributed by atoms with Gasteiger partial charge < -0.3 is 5.32 Å². The number of hydrogen-bond acceptors (Lipinski definition) is 1. The molecule has 0 aromatic rings. The zero-order chi connectivity index (χ0) is 8.20. The summed E-state index contributed by atoms with van der Waals surface area (Å²) in [5.41, 5.74) is 0. The molecule has 0 unspecified atom stereocenters. The van der Waals surface area contributed by atoms with Gasteiger partial charge in [-0.2, -0.15) is 8.78 Å². The maximum absolute atomic E-state index is 12.0. The minimum absolute atomic E-state index is 0.294. The molecule has 5 heteroatoms. The monoisotopic (exact) mass is 263 g/mol. The van der Waals surface area contributed by atoms with E-state index in [1.165, 1.54) is 0 Å². The largest absolute Gasteiger partial charge is 0.350 e. The second-order valence-corrected chi connectivity index (χ2v) is 2.91. The van der Waals surface area contributed by atoms with Gasteiger partial charge in [-0.3, -0.25) is 4.79 Å². The molecule has 0 radical (unpaired) electrons. The summed E-state index contributed by atoms with van der Waals surface area (Å²) in [5, 5.41) is 2.08. The van der Waals surface area contributed by atoms with Crippen LogP contribution in [-0.4, -0.2) is 22.8 Å². The fourth-order valence-corrected chi connectivity index (χ4v) is 0.586. The number of hydrogen-bond donors (Lipinski definition) is 1. The molecule has 0 heterocycles. The number of amides is 1. The van der Waals surface area contributed by atoms with Gasteiger partial charge in [0.1, 0.15) is 0 Å². The van der Waals surface area contributed by atoms with Crippen LogP contribution in [0.3, 0.4) is 0 Å². The SMILES string of the molecule is CC(F)(F)C(=O)NCCI. The molecule has 1 amide bonds. The number of halogens is 3. The maximum atomic E-state index is 12.0. The van der Waals surface area contributed by atoms with Gasteiger partial charge in [-0.05, 0) is 0 Å². The van der Waals surface area contributed by atoms with E-state index in [0.717, 1.165) is 0 Å². The van der Waals surface area contributed by atoms with E-state index in [0.29, 0.717) is 17.9 Å². The van der Waals surface area contributed by atoms with Crippen molar-refractivity contribution < 1.29 is 13.6 Å². The lowest BCUT2D eigenvalue weighted by Gasteiger charge is -2.08. The van der Waals surface area contributed by atoms with Crippen molar-refractivity contribution in [3.05, 3.63) is 0 Å². The van der Waals surface area contributed by atoms with Crippen LogP contribution in [0.15, 0.2) is 0 Å². The molecule has 0 spiro atoms. The Bertz CT molecular complexity index is 123. The average Bonchev–Trinajstić information content (AvgIpc) is 1.80. The molecule has 1 N–H and O–H groups in total. The summed E-state index contributed by atoms with van der Waals surface area (Å²) in [4.78, 5) is 10.4. The highest BCUT2D eigenvalue weighted by molar-refractivity contribution is 14.1.